The van der Waals surface area contributed by atoms with E-state index in [2.05, 4.69) is 36.0 Å². The van der Waals surface area contributed by atoms with Crippen molar-refractivity contribution in [2.75, 3.05) is 18.5 Å². The van der Waals surface area contributed by atoms with Gasteiger partial charge in [-0.1, -0.05) is 13.8 Å². The number of anilines is 2. The predicted octanol–water partition coefficient (Wildman–Crippen LogP) is 3.63. The van der Waals surface area contributed by atoms with E-state index in [1.165, 1.54) is 0 Å². The maximum Gasteiger partial charge on any atom is 0.226 e. The molecule has 0 fully saturated rings. The molecule has 0 saturated heterocycles. The quantitative estimate of drug-likeness (QED) is 0.308. The van der Waals surface area contributed by atoms with Crippen molar-refractivity contribution in [3.63, 3.8) is 0 Å². The number of ether oxygens (including phenoxy) is 1. The number of H-pyrrole nitrogens is 2. The summed E-state index contributed by atoms with van der Waals surface area (Å²) in [4.78, 5) is 14.7. The van der Waals surface area contributed by atoms with Crippen LogP contribution >= 0.6 is 0 Å². The van der Waals surface area contributed by atoms with E-state index in [0.29, 0.717) is 24.9 Å². The third kappa shape index (κ3) is 5.19. The Kier molecular flexibility index (Phi) is 6.11. The molecule has 4 aromatic rings. The topological polar surface area (TPSA) is 121 Å². The molecule has 0 atom stereocenters. The molecule has 0 aliphatic carbocycles. The first-order valence-corrected chi connectivity index (χ1v) is 10.2. The van der Waals surface area contributed by atoms with Crippen LogP contribution in [0.5, 0.6) is 5.75 Å². The van der Waals surface area contributed by atoms with Gasteiger partial charge in [0, 0.05) is 29.1 Å². The number of carbonyl (C=O) groups excluding carboxylic acids is 1. The average molecular weight is 419 g/mol. The number of aromatic amines is 2. The van der Waals surface area contributed by atoms with Crippen LogP contribution in [0.3, 0.4) is 0 Å². The summed E-state index contributed by atoms with van der Waals surface area (Å²) in [6.07, 6.45) is 2.53. The first kappa shape index (κ1) is 20.4. The van der Waals surface area contributed by atoms with Gasteiger partial charge in [0.1, 0.15) is 5.75 Å². The van der Waals surface area contributed by atoms with E-state index < -0.39 is 0 Å². The summed E-state index contributed by atoms with van der Waals surface area (Å²) >= 11 is 0. The van der Waals surface area contributed by atoms with Gasteiger partial charge < -0.3 is 20.4 Å². The van der Waals surface area contributed by atoms with Gasteiger partial charge in [0.05, 0.1) is 18.3 Å². The van der Waals surface area contributed by atoms with E-state index in [-0.39, 0.29) is 11.8 Å². The van der Waals surface area contributed by atoms with E-state index >= 15 is 0 Å². The van der Waals surface area contributed by atoms with Crippen LogP contribution in [0.1, 0.15) is 20.3 Å². The lowest BCUT2D eigenvalue weighted by atomic mass is 10.2. The summed E-state index contributed by atoms with van der Waals surface area (Å²) in [7, 11) is 0. The second-order valence-electron chi connectivity index (χ2n) is 7.49. The van der Waals surface area contributed by atoms with Crippen molar-refractivity contribution in [3.8, 4) is 17.1 Å². The fraction of sp³-hybridized carbons (Fsp3) is 0.273. The Labute approximate surface area is 179 Å². The summed E-state index contributed by atoms with van der Waals surface area (Å²) < 4.78 is 5.73. The first-order chi connectivity index (χ1) is 15.1. The fourth-order valence-corrected chi connectivity index (χ4v) is 2.99. The highest BCUT2D eigenvalue weighted by Crippen LogP contribution is 2.23. The second-order valence-corrected chi connectivity index (χ2v) is 7.49. The molecule has 9 heteroatoms. The minimum atomic E-state index is 0.000394. The van der Waals surface area contributed by atoms with Gasteiger partial charge in [0.25, 0.3) is 0 Å². The maximum atomic E-state index is 11.5. The smallest absolute Gasteiger partial charge is 0.226 e. The molecule has 2 heterocycles. The fourth-order valence-electron chi connectivity index (χ4n) is 2.99. The first-order valence-electron chi connectivity index (χ1n) is 10.2. The van der Waals surface area contributed by atoms with Crippen molar-refractivity contribution >= 4 is 28.4 Å². The molecule has 0 saturated carbocycles. The molecule has 4 rings (SSSR count). The molecule has 2 aromatic heterocycles. The van der Waals surface area contributed by atoms with Crippen molar-refractivity contribution in [1.82, 2.24) is 30.7 Å². The van der Waals surface area contributed by atoms with Crippen molar-refractivity contribution in [2.24, 2.45) is 5.92 Å². The van der Waals surface area contributed by atoms with Crippen molar-refractivity contribution in [3.05, 3.63) is 48.7 Å². The summed E-state index contributed by atoms with van der Waals surface area (Å²) in [6.45, 7) is 4.90. The molecule has 0 bridgehead atoms. The number of nitrogens with one attached hydrogen (secondary N) is 4. The van der Waals surface area contributed by atoms with Crippen LogP contribution in [0.25, 0.3) is 22.3 Å². The van der Waals surface area contributed by atoms with Gasteiger partial charge in [-0.3, -0.25) is 9.89 Å². The molecular formula is C22H25N7O2. The van der Waals surface area contributed by atoms with E-state index in [1.54, 1.807) is 6.20 Å². The third-order valence-corrected chi connectivity index (χ3v) is 4.73. The molecule has 31 heavy (non-hydrogen) atoms. The Morgan fingerprint density at radius 1 is 1.13 bits per heavy atom. The Bertz CT molecular complexity index is 1150. The summed E-state index contributed by atoms with van der Waals surface area (Å²) in [6, 6.07) is 13.5. The lowest BCUT2D eigenvalue weighted by Gasteiger charge is -2.09. The zero-order valence-corrected chi connectivity index (χ0v) is 17.5. The minimum absolute atomic E-state index is 0.000394. The third-order valence-electron chi connectivity index (χ3n) is 4.73. The zero-order valence-electron chi connectivity index (χ0n) is 17.5. The molecule has 9 nitrogen and oxygen atoms in total. The SMILES string of the molecule is CC(C)C(=O)NCCCOc1ccc(-c2nnc(Nc3ccc4[nH]ncc4c3)[nH]2)cc1. The van der Waals surface area contributed by atoms with Gasteiger partial charge in [0.2, 0.25) is 11.9 Å². The molecule has 0 spiro atoms. The molecule has 1 amide bonds. The van der Waals surface area contributed by atoms with Crippen LogP contribution in [0.4, 0.5) is 11.6 Å². The van der Waals surface area contributed by atoms with Gasteiger partial charge >= 0.3 is 0 Å². The van der Waals surface area contributed by atoms with Crippen LogP contribution in [0.2, 0.25) is 0 Å². The minimum Gasteiger partial charge on any atom is -0.494 e. The number of benzene rings is 2. The standard InChI is InChI=1S/C22H25N7O2/c1-14(2)21(30)23-10-3-11-31-18-7-4-15(5-8-18)20-26-22(29-28-20)25-17-6-9-19-16(12-17)13-24-27-19/h4-9,12-14H,3,10-11H2,1-2H3,(H,23,30)(H,24,27)(H2,25,26,28,29). The summed E-state index contributed by atoms with van der Waals surface area (Å²) in [5.41, 5.74) is 2.78. The largest absolute Gasteiger partial charge is 0.494 e. The Morgan fingerprint density at radius 2 is 1.97 bits per heavy atom. The molecule has 0 unspecified atom stereocenters. The zero-order chi connectivity index (χ0) is 21.6. The number of rotatable bonds is 9. The number of hydrogen-bond donors (Lipinski definition) is 4. The summed E-state index contributed by atoms with van der Waals surface area (Å²) in [5.74, 6) is 2.05. The van der Waals surface area contributed by atoms with Gasteiger partial charge in [-0.2, -0.15) is 5.10 Å². The second kappa shape index (κ2) is 9.29. The van der Waals surface area contributed by atoms with E-state index in [1.807, 2.05) is 56.3 Å². The van der Waals surface area contributed by atoms with Crippen molar-refractivity contribution in [2.45, 2.75) is 20.3 Å². The monoisotopic (exact) mass is 419 g/mol. The van der Waals surface area contributed by atoms with Gasteiger partial charge in [0.15, 0.2) is 5.82 Å². The maximum absolute atomic E-state index is 11.5. The molecule has 0 aliphatic rings. The number of hydrogen-bond acceptors (Lipinski definition) is 6. The average Bonchev–Trinajstić information content (AvgIpc) is 3.43. The summed E-state index contributed by atoms with van der Waals surface area (Å²) in [5, 5.41) is 22.4. The van der Waals surface area contributed by atoms with E-state index in [4.69, 9.17) is 4.74 Å². The van der Waals surface area contributed by atoms with Gasteiger partial charge in [-0.05, 0) is 48.9 Å². The molecule has 160 valence electrons. The molecular weight excluding hydrogens is 394 g/mol. The van der Waals surface area contributed by atoms with Gasteiger partial charge in [-0.25, -0.2) is 0 Å². The highest BCUT2D eigenvalue weighted by Gasteiger charge is 2.08. The number of fused-ring (bicyclic) bond motifs is 1. The normalized spacial score (nSPS) is 11.1. The number of aromatic nitrogens is 5. The Morgan fingerprint density at radius 3 is 2.77 bits per heavy atom. The van der Waals surface area contributed by atoms with Crippen LogP contribution < -0.4 is 15.4 Å². The highest BCUT2D eigenvalue weighted by atomic mass is 16.5. The number of carbonyl (C=O) groups is 1. The highest BCUT2D eigenvalue weighted by molar-refractivity contribution is 5.82. The molecule has 4 N–H and O–H groups in total. The lowest BCUT2D eigenvalue weighted by Crippen LogP contribution is -2.29. The van der Waals surface area contributed by atoms with E-state index in [0.717, 1.165) is 34.3 Å². The number of nitrogens with zero attached hydrogens (tertiary/aromatic N) is 3. The van der Waals surface area contributed by atoms with Gasteiger partial charge in [-0.15, -0.1) is 10.2 Å². The Balaban J connectivity index is 1.29. The van der Waals surface area contributed by atoms with Crippen LogP contribution in [-0.4, -0.2) is 44.4 Å². The Hall–Kier alpha value is -3.88. The van der Waals surface area contributed by atoms with E-state index in [9.17, 15) is 4.79 Å². The lowest BCUT2D eigenvalue weighted by molar-refractivity contribution is -0.123. The molecule has 0 aliphatic heterocycles. The van der Waals surface area contributed by atoms with Crippen molar-refractivity contribution in [1.29, 1.82) is 0 Å². The predicted molar refractivity (Wildman–Crippen MR) is 119 cm³/mol. The molecule has 2 aromatic carbocycles. The van der Waals surface area contributed by atoms with Crippen LogP contribution in [-0.2, 0) is 4.79 Å². The molecule has 0 radical (unpaired) electrons. The van der Waals surface area contributed by atoms with Crippen LogP contribution in [0, 0.1) is 5.92 Å². The number of amides is 1. The van der Waals surface area contributed by atoms with Crippen molar-refractivity contribution < 1.29 is 9.53 Å². The van der Waals surface area contributed by atoms with Crippen LogP contribution in [0.15, 0.2) is 48.7 Å².